The normalized spacial score (nSPS) is 11.3. The van der Waals surface area contributed by atoms with Crippen LogP contribution in [0.3, 0.4) is 0 Å². The number of halogens is 4. The topological polar surface area (TPSA) is 113 Å². The van der Waals surface area contributed by atoms with Crippen molar-refractivity contribution in [3.8, 4) is 23.1 Å². The van der Waals surface area contributed by atoms with Crippen LogP contribution in [0.2, 0.25) is 0 Å². The maximum atomic E-state index is 13.5. The van der Waals surface area contributed by atoms with Gasteiger partial charge >= 0.3 is 12.2 Å². The Balaban J connectivity index is 1.46. The van der Waals surface area contributed by atoms with Crippen molar-refractivity contribution in [1.82, 2.24) is 9.97 Å². The quantitative estimate of drug-likeness (QED) is 0.129. The second kappa shape index (κ2) is 14.5. The number of nitrogens with zero attached hydrogens (tertiary/aromatic N) is 2. The molecule has 0 radical (unpaired) electrons. The highest BCUT2D eigenvalue weighted by molar-refractivity contribution is 5.99. The molecule has 43 heavy (non-hydrogen) atoms. The van der Waals surface area contributed by atoms with E-state index in [1.807, 2.05) is 6.92 Å². The third-order valence-corrected chi connectivity index (χ3v) is 5.75. The second-order valence-electron chi connectivity index (χ2n) is 8.78. The third-order valence-electron chi connectivity index (χ3n) is 5.75. The van der Waals surface area contributed by atoms with E-state index in [9.17, 15) is 22.4 Å². The number of hydrogen-bond donors (Lipinski definition) is 2. The highest BCUT2D eigenvalue weighted by Gasteiger charge is 2.34. The zero-order valence-electron chi connectivity index (χ0n) is 23.2. The maximum absolute atomic E-state index is 13.5. The highest BCUT2D eigenvalue weighted by Crippen LogP contribution is 2.37. The van der Waals surface area contributed by atoms with E-state index < -0.39 is 23.6 Å². The summed E-state index contributed by atoms with van der Waals surface area (Å²) in [7, 11) is 1.57. The minimum atomic E-state index is -4.90. The zero-order valence-corrected chi connectivity index (χ0v) is 23.2. The number of benzene rings is 3. The average Bonchev–Trinajstić information content (AvgIpc) is 2.97. The summed E-state index contributed by atoms with van der Waals surface area (Å²) in [6.07, 6.45) is -3.56. The van der Waals surface area contributed by atoms with Crippen molar-refractivity contribution in [2.24, 2.45) is 0 Å². The van der Waals surface area contributed by atoms with Gasteiger partial charge in [0.05, 0.1) is 29.7 Å². The fourth-order valence-corrected chi connectivity index (χ4v) is 3.77. The first kappa shape index (κ1) is 31.3. The number of anilines is 2. The molecule has 0 saturated carbocycles. The van der Waals surface area contributed by atoms with Gasteiger partial charge in [-0.15, -0.1) is 0 Å². The van der Waals surface area contributed by atoms with E-state index in [0.29, 0.717) is 72.4 Å². The number of aromatic nitrogens is 2. The smallest absolute Gasteiger partial charge is 0.419 e. The number of amides is 2. The van der Waals surface area contributed by atoms with Crippen LogP contribution in [0.4, 0.5) is 33.7 Å². The Morgan fingerprint density at radius 2 is 1.53 bits per heavy atom. The number of nitrogens with one attached hydrogen (secondary N) is 2. The van der Waals surface area contributed by atoms with E-state index in [1.165, 1.54) is 18.5 Å². The molecule has 2 amide bonds. The van der Waals surface area contributed by atoms with E-state index >= 15 is 0 Å². The van der Waals surface area contributed by atoms with Crippen molar-refractivity contribution in [2.75, 3.05) is 50.8 Å². The maximum Gasteiger partial charge on any atom is 0.419 e. The lowest BCUT2D eigenvalue weighted by Crippen LogP contribution is -2.20. The van der Waals surface area contributed by atoms with Gasteiger partial charge in [-0.2, -0.15) is 13.2 Å². The van der Waals surface area contributed by atoms with Crippen molar-refractivity contribution in [3.05, 3.63) is 72.3 Å². The number of urea groups is 1. The number of hydrogen-bond acceptors (Lipinski definition) is 8. The van der Waals surface area contributed by atoms with Crippen LogP contribution in [-0.4, -0.2) is 56.1 Å². The Morgan fingerprint density at radius 1 is 0.860 bits per heavy atom. The minimum Gasteiger partial charge on any atom is -0.487 e. The molecule has 2 N–H and O–H groups in total. The van der Waals surface area contributed by atoms with Crippen LogP contribution in [0.15, 0.2) is 60.9 Å². The molecule has 0 atom stereocenters. The predicted octanol–water partition coefficient (Wildman–Crippen LogP) is 6.66. The molecule has 0 fully saturated rings. The van der Waals surface area contributed by atoms with E-state index in [4.69, 9.17) is 23.7 Å². The van der Waals surface area contributed by atoms with Crippen LogP contribution < -0.4 is 24.8 Å². The molecule has 3 aromatic carbocycles. The molecule has 14 heteroatoms. The summed E-state index contributed by atoms with van der Waals surface area (Å²) in [5.74, 6) is 0.0789. The summed E-state index contributed by atoms with van der Waals surface area (Å²) in [5, 5.41) is 5.29. The Hall–Kier alpha value is -4.69. The van der Waals surface area contributed by atoms with Gasteiger partial charge in [-0.05, 0) is 55.5 Å². The summed E-state index contributed by atoms with van der Waals surface area (Å²) in [4.78, 5) is 20.9. The van der Waals surface area contributed by atoms with Gasteiger partial charge in [0.1, 0.15) is 31.1 Å². The first-order valence-corrected chi connectivity index (χ1v) is 13.0. The molecule has 4 aromatic rings. The standard InChI is InChI=1S/C29H28F4N4O6/c1-3-40-11-13-42-25-15-21-24(16-26(25)41-12-10-39-2)34-17-35-27(21)43-20-7-4-18(5-8-20)36-28(38)37-19-6-9-23(30)22(14-19)29(31,32)33/h4-9,14-17H,3,10-13H2,1-2H3,(H2,36,37,38). The summed E-state index contributed by atoms with van der Waals surface area (Å²) < 4.78 is 80.5. The second-order valence-corrected chi connectivity index (χ2v) is 8.78. The van der Waals surface area contributed by atoms with Crippen molar-refractivity contribution in [1.29, 1.82) is 0 Å². The number of carbonyl (C=O) groups is 1. The number of alkyl halides is 3. The van der Waals surface area contributed by atoms with Gasteiger partial charge in [-0.1, -0.05) is 0 Å². The molecule has 228 valence electrons. The Morgan fingerprint density at radius 3 is 2.23 bits per heavy atom. The Kier molecular flexibility index (Phi) is 10.5. The number of carbonyl (C=O) groups excluding carboxylic acids is 1. The lowest BCUT2D eigenvalue weighted by Gasteiger charge is -2.15. The molecule has 0 saturated heterocycles. The first-order valence-electron chi connectivity index (χ1n) is 13.0. The van der Waals surface area contributed by atoms with E-state index in [-0.39, 0.29) is 18.2 Å². The molecular formula is C29H28F4N4O6. The van der Waals surface area contributed by atoms with Crippen molar-refractivity contribution in [2.45, 2.75) is 13.1 Å². The summed E-state index contributed by atoms with van der Waals surface area (Å²) in [6, 6.07) is 10.9. The lowest BCUT2D eigenvalue weighted by molar-refractivity contribution is -0.139. The summed E-state index contributed by atoms with van der Waals surface area (Å²) in [5.41, 5.74) is -0.851. The minimum absolute atomic E-state index is 0.227. The molecule has 0 bridgehead atoms. The van der Waals surface area contributed by atoms with E-state index in [2.05, 4.69) is 20.6 Å². The Labute approximate surface area is 243 Å². The largest absolute Gasteiger partial charge is 0.487 e. The number of methoxy groups -OCH3 is 1. The summed E-state index contributed by atoms with van der Waals surface area (Å²) >= 11 is 0. The van der Waals surface area contributed by atoms with Gasteiger partial charge in [0, 0.05) is 31.2 Å². The number of fused-ring (bicyclic) bond motifs is 1. The molecule has 0 aliphatic heterocycles. The van der Waals surface area contributed by atoms with Gasteiger partial charge in [-0.3, -0.25) is 0 Å². The molecular weight excluding hydrogens is 576 g/mol. The summed E-state index contributed by atoms with van der Waals surface area (Å²) in [6.45, 7) is 3.80. The molecule has 0 aliphatic rings. The van der Waals surface area contributed by atoms with Gasteiger partial charge in [-0.25, -0.2) is 19.2 Å². The van der Waals surface area contributed by atoms with Crippen LogP contribution in [0.5, 0.6) is 23.1 Å². The first-order chi connectivity index (χ1) is 20.7. The van der Waals surface area contributed by atoms with Gasteiger partial charge in [0.2, 0.25) is 5.88 Å². The lowest BCUT2D eigenvalue weighted by atomic mass is 10.2. The fraction of sp³-hybridized carbons (Fsp3) is 0.276. The monoisotopic (exact) mass is 604 g/mol. The molecule has 4 rings (SSSR count). The zero-order chi connectivity index (χ0) is 30.8. The molecule has 1 aromatic heterocycles. The number of rotatable bonds is 13. The van der Waals surface area contributed by atoms with Gasteiger partial charge in [0.25, 0.3) is 0 Å². The molecule has 1 heterocycles. The van der Waals surface area contributed by atoms with Crippen LogP contribution in [0, 0.1) is 5.82 Å². The van der Waals surface area contributed by atoms with Crippen LogP contribution in [0.1, 0.15) is 12.5 Å². The molecule has 0 spiro atoms. The van der Waals surface area contributed by atoms with Crippen LogP contribution >= 0.6 is 0 Å². The van der Waals surface area contributed by atoms with Crippen molar-refractivity contribution >= 4 is 28.3 Å². The van der Waals surface area contributed by atoms with Crippen molar-refractivity contribution in [3.63, 3.8) is 0 Å². The van der Waals surface area contributed by atoms with E-state index in [1.54, 1.807) is 31.4 Å². The van der Waals surface area contributed by atoms with E-state index in [0.717, 1.165) is 6.07 Å². The van der Waals surface area contributed by atoms with Crippen molar-refractivity contribution < 1.29 is 46.0 Å². The van der Waals surface area contributed by atoms with Crippen LogP contribution in [0.25, 0.3) is 10.9 Å². The van der Waals surface area contributed by atoms with Gasteiger partial charge < -0.3 is 34.3 Å². The number of ether oxygens (including phenoxy) is 5. The molecule has 0 aliphatic carbocycles. The third kappa shape index (κ3) is 8.66. The Bertz CT molecular complexity index is 1540. The molecule has 10 nitrogen and oxygen atoms in total. The fourth-order valence-electron chi connectivity index (χ4n) is 3.77. The van der Waals surface area contributed by atoms with Crippen LogP contribution in [-0.2, 0) is 15.7 Å². The average molecular weight is 605 g/mol. The SMILES string of the molecule is CCOCCOc1cc2c(Oc3ccc(NC(=O)Nc4ccc(F)c(C(F)(F)F)c4)cc3)ncnc2cc1OCCOC. The predicted molar refractivity (Wildman–Crippen MR) is 149 cm³/mol. The highest BCUT2D eigenvalue weighted by atomic mass is 19.4. The molecule has 0 unspecified atom stereocenters. The van der Waals surface area contributed by atoms with Gasteiger partial charge in [0.15, 0.2) is 11.5 Å².